The Morgan fingerprint density at radius 1 is 1.69 bits per heavy atom. The smallest absolute Gasteiger partial charge is 0.225 e. The maximum Gasteiger partial charge on any atom is 0.225 e. The van der Waals surface area contributed by atoms with E-state index < -0.39 is 6.10 Å². The molecule has 2 atom stereocenters. The Labute approximate surface area is 96.5 Å². The van der Waals surface area contributed by atoms with E-state index in [9.17, 15) is 4.79 Å². The van der Waals surface area contributed by atoms with Gasteiger partial charge in [-0.3, -0.25) is 10.2 Å². The molecule has 0 aromatic carbocycles. The number of rotatable bonds is 3. The van der Waals surface area contributed by atoms with Crippen LogP contribution in [0, 0.1) is 5.41 Å². The van der Waals surface area contributed by atoms with Crippen LogP contribution >= 0.6 is 0 Å². The number of carbonyl (C=O) groups excluding carboxylic acids is 1. The fourth-order valence-electron chi connectivity index (χ4n) is 1.94. The van der Waals surface area contributed by atoms with Gasteiger partial charge in [0.2, 0.25) is 5.91 Å². The van der Waals surface area contributed by atoms with E-state index in [1.165, 1.54) is 0 Å². The van der Waals surface area contributed by atoms with Gasteiger partial charge in [-0.1, -0.05) is 0 Å². The summed E-state index contributed by atoms with van der Waals surface area (Å²) in [5, 5.41) is 16.7. The fourth-order valence-corrected chi connectivity index (χ4v) is 1.94. The molecule has 5 heteroatoms. The van der Waals surface area contributed by atoms with Crippen LogP contribution in [-0.2, 0) is 4.79 Å². The Morgan fingerprint density at radius 2 is 2.31 bits per heavy atom. The van der Waals surface area contributed by atoms with Gasteiger partial charge in [0, 0.05) is 26.2 Å². The van der Waals surface area contributed by atoms with Crippen LogP contribution in [-0.4, -0.2) is 58.9 Å². The number of hydrogen-bond acceptors (Lipinski definition) is 3. The molecule has 5 nitrogen and oxygen atoms in total. The van der Waals surface area contributed by atoms with Crippen LogP contribution < -0.4 is 0 Å². The average Bonchev–Trinajstić information content (AvgIpc) is 2.63. The predicted molar refractivity (Wildman–Crippen MR) is 62.4 cm³/mol. The second-order valence-corrected chi connectivity index (χ2v) is 4.53. The molecule has 0 aromatic rings. The van der Waals surface area contributed by atoms with Gasteiger partial charge in [-0.15, -0.1) is 0 Å². The van der Waals surface area contributed by atoms with Crippen molar-refractivity contribution in [2.75, 3.05) is 20.1 Å². The minimum absolute atomic E-state index is 0.00790. The third-order valence-electron chi connectivity index (χ3n) is 3.06. The lowest BCUT2D eigenvalue weighted by Gasteiger charge is -2.25. The summed E-state index contributed by atoms with van der Waals surface area (Å²) >= 11 is 0. The monoisotopic (exact) mass is 227 g/mol. The number of amides is 1. The summed E-state index contributed by atoms with van der Waals surface area (Å²) in [6, 6.07) is 0.246. The minimum Gasteiger partial charge on any atom is -0.393 e. The molecular formula is C11H21N3O2. The summed E-state index contributed by atoms with van der Waals surface area (Å²) in [4.78, 5) is 15.4. The van der Waals surface area contributed by atoms with E-state index in [4.69, 9.17) is 10.5 Å². The molecule has 1 aliphatic heterocycles. The predicted octanol–water partition coefficient (Wildman–Crippen LogP) is 0.287. The third kappa shape index (κ3) is 3.20. The number of amidine groups is 1. The number of nitrogens with one attached hydrogen (secondary N) is 1. The van der Waals surface area contributed by atoms with E-state index in [1.807, 2.05) is 11.9 Å². The zero-order chi connectivity index (χ0) is 12.3. The molecule has 0 bridgehead atoms. The van der Waals surface area contributed by atoms with Crippen LogP contribution in [0.4, 0.5) is 0 Å². The quantitative estimate of drug-likeness (QED) is 0.538. The SMILES string of the molecule is CC(=N)N(C)C1CCN(C(=O)CC(C)O)C1. The molecule has 0 spiro atoms. The number of nitrogens with zero attached hydrogens (tertiary/aromatic N) is 2. The van der Waals surface area contributed by atoms with E-state index in [0.717, 1.165) is 13.0 Å². The molecule has 1 amide bonds. The van der Waals surface area contributed by atoms with E-state index in [0.29, 0.717) is 12.4 Å². The summed E-state index contributed by atoms with van der Waals surface area (Å²) in [6.45, 7) is 4.77. The number of hydrogen-bond donors (Lipinski definition) is 2. The van der Waals surface area contributed by atoms with Crippen molar-refractivity contribution in [3.8, 4) is 0 Å². The van der Waals surface area contributed by atoms with E-state index in [1.54, 1.807) is 18.7 Å². The highest BCUT2D eigenvalue weighted by molar-refractivity contribution is 5.78. The van der Waals surface area contributed by atoms with Crippen LogP contribution in [0.5, 0.6) is 0 Å². The molecule has 16 heavy (non-hydrogen) atoms. The van der Waals surface area contributed by atoms with Crippen molar-refractivity contribution in [3.05, 3.63) is 0 Å². The molecule has 1 fully saturated rings. The molecule has 0 radical (unpaired) electrons. The molecule has 1 saturated heterocycles. The van der Waals surface area contributed by atoms with Crippen molar-refractivity contribution in [2.45, 2.75) is 38.8 Å². The summed E-state index contributed by atoms with van der Waals surface area (Å²) in [6.07, 6.45) is 0.520. The van der Waals surface area contributed by atoms with Crippen molar-refractivity contribution in [1.29, 1.82) is 5.41 Å². The fraction of sp³-hybridized carbons (Fsp3) is 0.818. The van der Waals surface area contributed by atoms with Crippen molar-refractivity contribution in [3.63, 3.8) is 0 Å². The maximum atomic E-state index is 11.7. The van der Waals surface area contributed by atoms with Gasteiger partial charge >= 0.3 is 0 Å². The highest BCUT2D eigenvalue weighted by atomic mass is 16.3. The lowest BCUT2D eigenvalue weighted by atomic mass is 10.2. The zero-order valence-corrected chi connectivity index (χ0v) is 10.2. The molecule has 2 unspecified atom stereocenters. The van der Waals surface area contributed by atoms with Crippen molar-refractivity contribution >= 4 is 11.7 Å². The Kier molecular flexibility index (Phi) is 4.29. The maximum absolute atomic E-state index is 11.7. The first-order valence-corrected chi connectivity index (χ1v) is 5.65. The molecule has 92 valence electrons. The van der Waals surface area contributed by atoms with E-state index in [2.05, 4.69) is 0 Å². The van der Waals surface area contributed by atoms with E-state index in [-0.39, 0.29) is 18.4 Å². The largest absolute Gasteiger partial charge is 0.393 e. The highest BCUT2D eigenvalue weighted by Crippen LogP contribution is 2.15. The van der Waals surface area contributed by atoms with Gasteiger partial charge in [0.25, 0.3) is 0 Å². The topological polar surface area (TPSA) is 67.6 Å². The Hall–Kier alpha value is -1.10. The summed E-state index contributed by atoms with van der Waals surface area (Å²) in [5.74, 6) is 0.531. The second kappa shape index (κ2) is 5.30. The van der Waals surface area contributed by atoms with Crippen molar-refractivity contribution in [2.24, 2.45) is 0 Å². The molecule has 0 saturated carbocycles. The molecular weight excluding hydrogens is 206 g/mol. The summed E-state index contributed by atoms with van der Waals surface area (Å²) in [7, 11) is 1.88. The Balaban J connectivity index is 2.46. The van der Waals surface area contributed by atoms with Crippen LogP contribution in [0.25, 0.3) is 0 Å². The number of aliphatic hydroxyl groups excluding tert-OH is 1. The molecule has 1 aliphatic rings. The van der Waals surface area contributed by atoms with Crippen LogP contribution in [0.15, 0.2) is 0 Å². The normalized spacial score (nSPS) is 22.0. The van der Waals surface area contributed by atoms with Crippen LogP contribution in [0.2, 0.25) is 0 Å². The lowest BCUT2D eigenvalue weighted by Crippen LogP contribution is -2.39. The van der Waals surface area contributed by atoms with Gasteiger partial charge in [0.15, 0.2) is 0 Å². The lowest BCUT2D eigenvalue weighted by molar-refractivity contribution is -0.132. The Morgan fingerprint density at radius 3 is 2.81 bits per heavy atom. The van der Waals surface area contributed by atoms with Gasteiger partial charge in [-0.25, -0.2) is 0 Å². The first-order valence-electron chi connectivity index (χ1n) is 5.65. The summed E-state index contributed by atoms with van der Waals surface area (Å²) in [5.41, 5.74) is 0. The van der Waals surface area contributed by atoms with Gasteiger partial charge < -0.3 is 14.9 Å². The van der Waals surface area contributed by atoms with Gasteiger partial charge in [-0.2, -0.15) is 0 Å². The van der Waals surface area contributed by atoms with Gasteiger partial charge in [0.05, 0.1) is 18.4 Å². The Bertz CT molecular complexity index is 278. The molecule has 1 heterocycles. The molecule has 2 N–H and O–H groups in total. The van der Waals surface area contributed by atoms with Crippen LogP contribution in [0.3, 0.4) is 0 Å². The van der Waals surface area contributed by atoms with Crippen LogP contribution in [0.1, 0.15) is 26.7 Å². The third-order valence-corrected chi connectivity index (χ3v) is 3.06. The molecule has 0 aliphatic carbocycles. The highest BCUT2D eigenvalue weighted by Gasteiger charge is 2.29. The van der Waals surface area contributed by atoms with Gasteiger partial charge in [-0.05, 0) is 20.3 Å². The molecule has 1 rings (SSSR count). The summed E-state index contributed by atoms with van der Waals surface area (Å²) < 4.78 is 0. The number of likely N-dealkylation sites (N-methyl/N-ethyl adjacent to an activating group) is 1. The van der Waals surface area contributed by atoms with Crippen molar-refractivity contribution < 1.29 is 9.90 Å². The number of likely N-dealkylation sites (tertiary alicyclic amines) is 1. The van der Waals surface area contributed by atoms with Gasteiger partial charge in [0.1, 0.15) is 0 Å². The standard InChI is InChI=1S/C11H21N3O2/c1-8(15)6-11(16)14-5-4-10(7-14)13(3)9(2)12/h8,10,12,15H,4-7H2,1-3H3. The van der Waals surface area contributed by atoms with Crippen molar-refractivity contribution in [1.82, 2.24) is 9.80 Å². The first kappa shape index (κ1) is 13.0. The number of aliphatic hydroxyl groups is 1. The zero-order valence-electron chi connectivity index (χ0n) is 10.2. The molecule has 0 aromatic heterocycles. The average molecular weight is 227 g/mol. The minimum atomic E-state index is -0.575. The number of carbonyl (C=O) groups is 1. The first-order chi connectivity index (χ1) is 7.41. The van der Waals surface area contributed by atoms with E-state index >= 15 is 0 Å². The second-order valence-electron chi connectivity index (χ2n) is 4.53.